The molecule has 0 aliphatic carbocycles. The van der Waals surface area contributed by atoms with Crippen molar-refractivity contribution in [3.05, 3.63) is 108 Å². The Morgan fingerprint density at radius 1 is 0.905 bits per heavy atom. The quantitative estimate of drug-likeness (QED) is 0.380. The van der Waals surface area contributed by atoms with Crippen molar-refractivity contribution < 1.29 is 19.1 Å². The molecule has 5 rings (SSSR count). The normalized spacial score (nSPS) is 19.9. The minimum atomic E-state index is -1.14. The zero-order valence-corrected chi connectivity index (χ0v) is 24.6. The van der Waals surface area contributed by atoms with Gasteiger partial charge in [-0.25, -0.2) is 0 Å². The molecule has 4 atom stereocenters. The van der Waals surface area contributed by atoms with Crippen LogP contribution in [0.25, 0.3) is 6.08 Å². The number of ether oxygens (including phenoxy) is 1. The number of hydrogen-bond donors (Lipinski definition) is 3. The van der Waals surface area contributed by atoms with Gasteiger partial charge >= 0.3 is 0 Å². The van der Waals surface area contributed by atoms with Crippen molar-refractivity contribution in [2.24, 2.45) is 5.92 Å². The lowest BCUT2D eigenvalue weighted by Crippen LogP contribution is -2.58. The Labute approximate surface area is 248 Å². The van der Waals surface area contributed by atoms with Crippen LogP contribution in [0.5, 0.6) is 5.75 Å². The lowest BCUT2D eigenvalue weighted by atomic mass is 9.97. The van der Waals surface area contributed by atoms with Gasteiger partial charge in [-0.05, 0) is 67.8 Å². The van der Waals surface area contributed by atoms with Crippen molar-refractivity contribution in [1.82, 2.24) is 20.9 Å². The molecule has 0 spiro atoms. The highest BCUT2D eigenvalue weighted by atomic mass is 16.5. The van der Waals surface area contributed by atoms with E-state index in [-0.39, 0.29) is 17.7 Å². The lowest BCUT2D eigenvalue weighted by Gasteiger charge is -2.32. The molecule has 0 saturated carbocycles. The Kier molecular flexibility index (Phi) is 10.5. The summed E-state index contributed by atoms with van der Waals surface area (Å²) in [5.41, 5.74) is 2.59. The minimum Gasteiger partial charge on any atom is -0.483 e. The number of nitrogens with zero attached hydrogens (tertiary/aromatic N) is 1. The van der Waals surface area contributed by atoms with Gasteiger partial charge in [0.2, 0.25) is 17.7 Å². The van der Waals surface area contributed by atoms with Gasteiger partial charge in [-0.15, -0.1) is 0 Å². The van der Waals surface area contributed by atoms with E-state index in [1.54, 1.807) is 24.4 Å². The van der Waals surface area contributed by atoms with Crippen LogP contribution in [0.3, 0.4) is 0 Å². The van der Waals surface area contributed by atoms with Crippen LogP contribution in [0, 0.1) is 5.92 Å². The summed E-state index contributed by atoms with van der Waals surface area (Å²) < 4.78 is 6.47. The second kappa shape index (κ2) is 14.5. The van der Waals surface area contributed by atoms with Gasteiger partial charge in [-0.3, -0.25) is 19.3 Å². The van der Waals surface area contributed by atoms with Crippen LogP contribution in [0.1, 0.15) is 43.1 Å². The molecule has 0 fully saturated rings. The van der Waals surface area contributed by atoms with Gasteiger partial charge < -0.3 is 20.7 Å². The van der Waals surface area contributed by atoms with Gasteiger partial charge in [0.25, 0.3) is 0 Å². The van der Waals surface area contributed by atoms with Crippen LogP contribution in [0.2, 0.25) is 0 Å². The number of fused-ring (bicyclic) bond motifs is 10. The summed E-state index contributed by atoms with van der Waals surface area (Å²) in [4.78, 5) is 43.1. The summed E-state index contributed by atoms with van der Waals surface area (Å²) in [6, 6.07) is 23.9. The first-order valence-electron chi connectivity index (χ1n) is 14.3. The van der Waals surface area contributed by atoms with Gasteiger partial charge in [0.05, 0.1) is 6.04 Å². The number of benzene rings is 3. The van der Waals surface area contributed by atoms with E-state index >= 15 is 0 Å². The molecule has 8 heteroatoms. The number of carbonyl (C=O) groups is 3. The topological polar surface area (TPSA) is 99.8 Å². The fourth-order valence-electron chi connectivity index (χ4n) is 4.94. The van der Waals surface area contributed by atoms with Gasteiger partial charge in [0, 0.05) is 6.20 Å². The summed E-state index contributed by atoms with van der Waals surface area (Å²) in [7, 11) is 3.67. The predicted molar refractivity (Wildman–Crippen MR) is 164 cm³/mol. The molecule has 8 nitrogen and oxygen atoms in total. The molecule has 3 amide bonds. The highest BCUT2D eigenvalue weighted by molar-refractivity contribution is 5.94. The molecule has 2 aliphatic heterocycles. The summed E-state index contributed by atoms with van der Waals surface area (Å²) >= 11 is 0. The van der Waals surface area contributed by atoms with Crippen LogP contribution in [0.4, 0.5) is 0 Å². The van der Waals surface area contributed by atoms with Crippen molar-refractivity contribution in [1.29, 1.82) is 0 Å². The molecule has 4 unspecified atom stereocenters. The average molecular weight is 569 g/mol. The first kappa shape index (κ1) is 30.5. The SMILES string of the molecule is CC(C)CC1NC(=O)C(NC(=O)C(Cc2ccccc2)N(C)C)C(c2ccccc2)Oc2ccc(cc2)C=CNC1=O. The zero-order chi connectivity index (χ0) is 30.1. The maximum atomic E-state index is 14.1. The second-order valence-corrected chi connectivity index (χ2v) is 11.2. The molecule has 2 bridgehead atoms. The minimum absolute atomic E-state index is 0.133. The summed E-state index contributed by atoms with van der Waals surface area (Å²) in [6.45, 7) is 3.98. The molecule has 3 aromatic carbocycles. The fourth-order valence-corrected chi connectivity index (χ4v) is 4.94. The summed E-state index contributed by atoms with van der Waals surface area (Å²) in [5.74, 6) is -0.486. The number of rotatable bonds is 8. The second-order valence-electron chi connectivity index (χ2n) is 11.2. The third-order valence-corrected chi connectivity index (χ3v) is 7.19. The van der Waals surface area contributed by atoms with Crippen LogP contribution in [-0.2, 0) is 20.8 Å². The monoisotopic (exact) mass is 568 g/mol. The van der Waals surface area contributed by atoms with Gasteiger partial charge in [0.1, 0.15) is 17.8 Å². The van der Waals surface area contributed by atoms with E-state index in [1.807, 2.05) is 106 Å². The van der Waals surface area contributed by atoms with Crippen LogP contribution in [-0.4, -0.2) is 54.8 Å². The van der Waals surface area contributed by atoms with E-state index in [0.29, 0.717) is 24.2 Å². The Morgan fingerprint density at radius 2 is 1.55 bits per heavy atom. The Bertz CT molecular complexity index is 1360. The summed E-state index contributed by atoms with van der Waals surface area (Å²) in [6.07, 6.45) is 3.36. The maximum Gasteiger partial charge on any atom is 0.247 e. The standard InChI is InChI=1S/C34H40N4O4/c1-23(2)21-28-32(39)35-20-19-24-15-17-27(18-16-24)42-31(26-13-9-6-10-14-26)30(34(41)36-28)37-33(40)29(38(3)4)22-25-11-7-5-8-12-25/h5-20,23,28-31H,21-22H2,1-4H3,(H,35,39)(H,36,41)(H,37,40). The Morgan fingerprint density at radius 3 is 2.17 bits per heavy atom. The molecule has 220 valence electrons. The lowest BCUT2D eigenvalue weighted by molar-refractivity contribution is -0.135. The highest BCUT2D eigenvalue weighted by Gasteiger charge is 2.37. The van der Waals surface area contributed by atoms with Gasteiger partial charge in [0.15, 0.2) is 6.10 Å². The van der Waals surface area contributed by atoms with E-state index in [9.17, 15) is 14.4 Å². The molecular formula is C34H40N4O4. The average Bonchev–Trinajstić information content (AvgIpc) is 2.98. The molecule has 2 heterocycles. The Hall–Kier alpha value is -4.43. The van der Waals surface area contributed by atoms with Crippen molar-refractivity contribution in [2.75, 3.05) is 14.1 Å². The summed E-state index contributed by atoms with van der Waals surface area (Å²) in [5, 5.41) is 8.74. The van der Waals surface area contributed by atoms with Gasteiger partial charge in [-0.2, -0.15) is 0 Å². The number of likely N-dealkylation sites (N-methyl/N-ethyl adjacent to an activating group) is 1. The largest absolute Gasteiger partial charge is 0.483 e. The third-order valence-electron chi connectivity index (χ3n) is 7.19. The fraction of sp³-hybridized carbons (Fsp3) is 0.324. The van der Waals surface area contributed by atoms with Crippen molar-refractivity contribution >= 4 is 23.8 Å². The molecule has 42 heavy (non-hydrogen) atoms. The molecule has 3 aromatic rings. The third kappa shape index (κ3) is 8.30. The number of nitrogens with one attached hydrogen (secondary N) is 3. The van der Waals surface area contributed by atoms with E-state index in [4.69, 9.17) is 4.74 Å². The van der Waals surface area contributed by atoms with Crippen LogP contribution in [0.15, 0.2) is 91.1 Å². The van der Waals surface area contributed by atoms with E-state index in [1.165, 1.54) is 0 Å². The van der Waals surface area contributed by atoms with Gasteiger partial charge in [-0.1, -0.05) is 86.6 Å². The maximum absolute atomic E-state index is 14.1. The molecule has 2 aliphatic rings. The molecular weight excluding hydrogens is 528 g/mol. The molecule has 0 radical (unpaired) electrons. The smallest absolute Gasteiger partial charge is 0.247 e. The zero-order valence-electron chi connectivity index (χ0n) is 24.6. The first-order valence-corrected chi connectivity index (χ1v) is 14.3. The number of amides is 3. The highest BCUT2D eigenvalue weighted by Crippen LogP contribution is 2.27. The van der Waals surface area contributed by atoms with Crippen molar-refractivity contribution in [2.45, 2.75) is 50.9 Å². The van der Waals surface area contributed by atoms with E-state index in [0.717, 1.165) is 11.1 Å². The molecule has 0 aromatic heterocycles. The number of carbonyl (C=O) groups excluding carboxylic acids is 3. The van der Waals surface area contributed by atoms with E-state index < -0.39 is 30.1 Å². The Balaban J connectivity index is 1.75. The molecule has 0 saturated heterocycles. The number of hydrogen-bond acceptors (Lipinski definition) is 5. The van der Waals surface area contributed by atoms with Crippen molar-refractivity contribution in [3.63, 3.8) is 0 Å². The van der Waals surface area contributed by atoms with Crippen LogP contribution >= 0.6 is 0 Å². The van der Waals surface area contributed by atoms with E-state index in [2.05, 4.69) is 16.0 Å². The predicted octanol–water partition coefficient (Wildman–Crippen LogP) is 4.10. The molecule has 3 N–H and O–H groups in total. The van der Waals surface area contributed by atoms with Crippen LogP contribution < -0.4 is 20.7 Å². The first-order chi connectivity index (χ1) is 20.2. The van der Waals surface area contributed by atoms with Crippen molar-refractivity contribution in [3.8, 4) is 5.75 Å².